The SMILES string of the molecule is C=Cc1ccccc1.c1ccc2n[nH]nc2c1. The molecule has 2 aromatic carbocycles. The molecule has 84 valence electrons. The summed E-state index contributed by atoms with van der Waals surface area (Å²) < 4.78 is 0. The molecule has 1 aromatic heterocycles. The van der Waals surface area contributed by atoms with Crippen LogP contribution in [-0.2, 0) is 0 Å². The summed E-state index contributed by atoms with van der Waals surface area (Å²) in [6.07, 6.45) is 1.83. The van der Waals surface area contributed by atoms with Gasteiger partial charge in [0.15, 0.2) is 0 Å². The Balaban J connectivity index is 0.000000128. The van der Waals surface area contributed by atoms with Crippen molar-refractivity contribution in [2.45, 2.75) is 0 Å². The van der Waals surface area contributed by atoms with Crippen molar-refractivity contribution in [1.29, 1.82) is 0 Å². The summed E-state index contributed by atoms with van der Waals surface area (Å²) in [5.41, 5.74) is 3.00. The van der Waals surface area contributed by atoms with E-state index in [2.05, 4.69) is 22.0 Å². The first kappa shape index (κ1) is 11.1. The van der Waals surface area contributed by atoms with E-state index < -0.39 is 0 Å². The Bertz CT molecular complexity index is 554. The monoisotopic (exact) mass is 223 g/mol. The topological polar surface area (TPSA) is 41.6 Å². The second-order valence-corrected chi connectivity index (χ2v) is 3.43. The molecular weight excluding hydrogens is 210 g/mol. The maximum absolute atomic E-state index is 3.88. The molecule has 3 heteroatoms. The van der Waals surface area contributed by atoms with Gasteiger partial charge in [0, 0.05) is 0 Å². The summed E-state index contributed by atoms with van der Waals surface area (Å²) in [6, 6.07) is 17.7. The normalized spacial score (nSPS) is 9.41. The third-order valence-corrected chi connectivity index (χ3v) is 2.26. The van der Waals surface area contributed by atoms with Crippen LogP contribution in [0.25, 0.3) is 17.1 Å². The Morgan fingerprint density at radius 3 is 1.82 bits per heavy atom. The largest absolute Gasteiger partial charge is 0.197 e. The van der Waals surface area contributed by atoms with Crippen molar-refractivity contribution in [2.75, 3.05) is 0 Å². The number of H-pyrrole nitrogens is 1. The first-order valence-corrected chi connectivity index (χ1v) is 5.33. The third-order valence-electron chi connectivity index (χ3n) is 2.26. The Labute approximate surface area is 99.8 Å². The van der Waals surface area contributed by atoms with Crippen LogP contribution >= 0.6 is 0 Å². The predicted molar refractivity (Wildman–Crippen MR) is 70.4 cm³/mol. The van der Waals surface area contributed by atoms with Crippen LogP contribution < -0.4 is 0 Å². The van der Waals surface area contributed by atoms with E-state index in [9.17, 15) is 0 Å². The second kappa shape index (κ2) is 5.61. The fourth-order valence-electron chi connectivity index (χ4n) is 1.38. The highest BCUT2D eigenvalue weighted by atomic mass is 15.3. The molecule has 0 aliphatic heterocycles. The molecule has 1 N–H and O–H groups in total. The zero-order valence-corrected chi connectivity index (χ0v) is 9.38. The first-order valence-electron chi connectivity index (χ1n) is 5.33. The van der Waals surface area contributed by atoms with Gasteiger partial charge in [0.2, 0.25) is 0 Å². The zero-order valence-electron chi connectivity index (χ0n) is 9.38. The third kappa shape index (κ3) is 3.01. The maximum atomic E-state index is 3.88. The standard InChI is InChI=1S/C8H8.C6H5N3/c1-2-8-6-4-3-5-7-8;1-2-4-6-5(3-1)7-9-8-6/h2-7H,1H2;1-4H,(H,7,8,9). The summed E-state index contributed by atoms with van der Waals surface area (Å²) in [6.45, 7) is 3.63. The molecule has 0 amide bonds. The van der Waals surface area contributed by atoms with Gasteiger partial charge >= 0.3 is 0 Å². The minimum absolute atomic E-state index is 0.914. The number of para-hydroxylation sites is 2. The van der Waals surface area contributed by atoms with Crippen LogP contribution in [0.4, 0.5) is 0 Å². The molecule has 0 aliphatic rings. The van der Waals surface area contributed by atoms with Crippen LogP contribution in [-0.4, -0.2) is 15.4 Å². The van der Waals surface area contributed by atoms with Gasteiger partial charge in [-0.1, -0.05) is 55.1 Å². The Morgan fingerprint density at radius 1 is 0.824 bits per heavy atom. The van der Waals surface area contributed by atoms with E-state index in [0.29, 0.717) is 0 Å². The van der Waals surface area contributed by atoms with E-state index >= 15 is 0 Å². The Hall–Kier alpha value is -2.42. The Kier molecular flexibility index (Phi) is 3.65. The van der Waals surface area contributed by atoms with Gasteiger partial charge in [-0.15, -0.1) is 0 Å². The van der Waals surface area contributed by atoms with Crippen molar-refractivity contribution in [3.8, 4) is 0 Å². The van der Waals surface area contributed by atoms with Crippen molar-refractivity contribution in [2.24, 2.45) is 0 Å². The second-order valence-electron chi connectivity index (χ2n) is 3.43. The molecule has 0 spiro atoms. The lowest BCUT2D eigenvalue weighted by Gasteiger charge is -1.85. The molecule has 0 saturated carbocycles. The number of aromatic nitrogens is 3. The quantitative estimate of drug-likeness (QED) is 0.687. The average Bonchev–Trinajstić information content (AvgIpc) is 2.89. The van der Waals surface area contributed by atoms with Crippen molar-refractivity contribution in [3.05, 3.63) is 66.7 Å². The molecule has 0 bridgehead atoms. The number of nitrogens with zero attached hydrogens (tertiary/aromatic N) is 2. The molecule has 0 saturated heterocycles. The lowest BCUT2D eigenvalue weighted by atomic mass is 10.2. The molecule has 3 nitrogen and oxygen atoms in total. The number of aromatic amines is 1. The number of benzene rings is 2. The number of hydrogen-bond acceptors (Lipinski definition) is 2. The lowest BCUT2D eigenvalue weighted by Crippen LogP contribution is -1.63. The minimum Gasteiger partial charge on any atom is -0.197 e. The number of rotatable bonds is 1. The maximum Gasteiger partial charge on any atom is 0.112 e. The molecule has 3 rings (SSSR count). The van der Waals surface area contributed by atoms with Crippen molar-refractivity contribution in [1.82, 2.24) is 15.4 Å². The van der Waals surface area contributed by atoms with Gasteiger partial charge in [0.1, 0.15) is 11.0 Å². The van der Waals surface area contributed by atoms with Gasteiger partial charge in [0.25, 0.3) is 0 Å². The van der Waals surface area contributed by atoms with E-state index in [1.54, 1.807) is 0 Å². The van der Waals surface area contributed by atoms with Gasteiger partial charge in [-0.3, -0.25) is 0 Å². The highest BCUT2D eigenvalue weighted by molar-refractivity contribution is 5.72. The van der Waals surface area contributed by atoms with Crippen LogP contribution in [0, 0.1) is 0 Å². The molecular formula is C14H13N3. The number of fused-ring (bicyclic) bond motifs is 1. The molecule has 0 aliphatic carbocycles. The van der Waals surface area contributed by atoms with E-state index in [4.69, 9.17) is 0 Å². The highest BCUT2D eigenvalue weighted by Gasteiger charge is 1.90. The highest BCUT2D eigenvalue weighted by Crippen LogP contribution is 2.03. The molecule has 3 aromatic rings. The van der Waals surface area contributed by atoms with Crippen molar-refractivity contribution >= 4 is 17.1 Å². The molecule has 0 atom stereocenters. The minimum atomic E-state index is 0.914. The molecule has 0 radical (unpaired) electrons. The molecule has 0 fully saturated rings. The molecule has 17 heavy (non-hydrogen) atoms. The van der Waals surface area contributed by atoms with E-state index in [-0.39, 0.29) is 0 Å². The van der Waals surface area contributed by atoms with Crippen molar-refractivity contribution < 1.29 is 0 Å². The van der Waals surface area contributed by atoms with Crippen LogP contribution in [0.2, 0.25) is 0 Å². The zero-order chi connectivity index (χ0) is 11.9. The van der Waals surface area contributed by atoms with Crippen LogP contribution in [0.5, 0.6) is 0 Å². The summed E-state index contributed by atoms with van der Waals surface area (Å²) in [4.78, 5) is 0. The summed E-state index contributed by atoms with van der Waals surface area (Å²) in [7, 11) is 0. The summed E-state index contributed by atoms with van der Waals surface area (Å²) >= 11 is 0. The summed E-state index contributed by atoms with van der Waals surface area (Å²) in [5, 5.41) is 10.3. The van der Waals surface area contributed by atoms with Crippen LogP contribution in [0.1, 0.15) is 5.56 Å². The molecule has 1 heterocycles. The van der Waals surface area contributed by atoms with E-state index in [1.165, 1.54) is 5.56 Å². The smallest absolute Gasteiger partial charge is 0.112 e. The number of nitrogens with one attached hydrogen (secondary N) is 1. The first-order chi connectivity index (χ1) is 8.40. The van der Waals surface area contributed by atoms with Gasteiger partial charge in [-0.25, -0.2) is 0 Å². The lowest BCUT2D eigenvalue weighted by molar-refractivity contribution is 0.959. The van der Waals surface area contributed by atoms with Crippen LogP contribution in [0.15, 0.2) is 61.2 Å². The predicted octanol–water partition coefficient (Wildman–Crippen LogP) is 3.29. The number of hydrogen-bond donors (Lipinski definition) is 1. The molecule has 0 unspecified atom stereocenters. The van der Waals surface area contributed by atoms with Crippen molar-refractivity contribution in [3.63, 3.8) is 0 Å². The average molecular weight is 223 g/mol. The van der Waals surface area contributed by atoms with E-state index in [1.807, 2.05) is 60.7 Å². The fraction of sp³-hybridized carbons (Fsp3) is 0. The van der Waals surface area contributed by atoms with Gasteiger partial charge in [-0.05, 0) is 17.7 Å². The van der Waals surface area contributed by atoms with Gasteiger partial charge in [-0.2, -0.15) is 15.4 Å². The summed E-state index contributed by atoms with van der Waals surface area (Å²) in [5.74, 6) is 0. The fourth-order valence-corrected chi connectivity index (χ4v) is 1.38. The van der Waals surface area contributed by atoms with Crippen LogP contribution in [0.3, 0.4) is 0 Å². The van der Waals surface area contributed by atoms with Gasteiger partial charge in [0.05, 0.1) is 0 Å². The van der Waals surface area contributed by atoms with E-state index in [0.717, 1.165) is 11.0 Å². The van der Waals surface area contributed by atoms with Gasteiger partial charge < -0.3 is 0 Å². The Morgan fingerprint density at radius 2 is 1.35 bits per heavy atom.